The summed E-state index contributed by atoms with van der Waals surface area (Å²) in [7, 11) is 1.65. The summed E-state index contributed by atoms with van der Waals surface area (Å²) in [5, 5.41) is 20.3. The average Bonchev–Trinajstić information content (AvgIpc) is 3.78. The minimum Gasteiger partial charge on any atom is -0.359 e. The Labute approximate surface area is 236 Å². The van der Waals surface area contributed by atoms with Crippen molar-refractivity contribution < 1.29 is 4.79 Å². The van der Waals surface area contributed by atoms with Gasteiger partial charge in [-0.15, -0.1) is 5.10 Å². The standard InChI is InChI=1S/C32H28N6OS/c1-22-3-5-23(6-4-22)24-7-9-25(10-8-24)31-19-27(11-16-32(39)33-2)35-38(31)29-14-12-28(13-15-29)37-20-30(34-36-37)26-17-18-40-21-26/h3-10,12-15,17-21H,11,16H2,1-2H3,(H,33,39). The van der Waals surface area contributed by atoms with E-state index in [1.807, 2.05) is 46.6 Å². The summed E-state index contributed by atoms with van der Waals surface area (Å²) in [6, 6.07) is 29.3. The van der Waals surface area contributed by atoms with E-state index < -0.39 is 0 Å². The van der Waals surface area contributed by atoms with Crippen molar-refractivity contribution in [1.29, 1.82) is 0 Å². The molecular formula is C32H28N6OS. The molecule has 8 heteroatoms. The smallest absolute Gasteiger partial charge is 0.220 e. The van der Waals surface area contributed by atoms with Crippen molar-refractivity contribution in [3.05, 3.63) is 113 Å². The predicted molar refractivity (Wildman–Crippen MR) is 160 cm³/mol. The Morgan fingerprint density at radius 3 is 2.20 bits per heavy atom. The molecule has 1 amide bonds. The molecule has 0 radical (unpaired) electrons. The summed E-state index contributed by atoms with van der Waals surface area (Å²) < 4.78 is 3.72. The summed E-state index contributed by atoms with van der Waals surface area (Å²) in [5.74, 6) is -0.00226. The molecule has 0 spiro atoms. The molecule has 0 saturated heterocycles. The van der Waals surface area contributed by atoms with Gasteiger partial charge in [0, 0.05) is 36.4 Å². The lowest BCUT2D eigenvalue weighted by molar-refractivity contribution is -0.120. The van der Waals surface area contributed by atoms with Gasteiger partial charge in [0.05, 0.1) is 29.0 Å². The second-order valence-corrected chi connectivity index (χ2v) is 10.4. The molecule has 1 N–H and O–H groups in total. The van der Waals surface area contributed by atoms with Crippen LogP contribution >= 0.6 is 11.3 Å². The van der Waals surface area contributed by atoms with Gasteiger partial charge in [-0.2, -0.15) is 16.4 Å². The van der Waals surface area contributed by atoms with E-state index in [4.69, 9.17) is 5.10 Å². The Morgan fingerprint density at radius 2 is 1.52 bits per heavy atom. The molecule has 7 nitrogen and oxygen atoms in total. The van der Waals surface area contributed by atoms with E-state index in [0.717, 1.165) is 45.1 Å². The van der Waals surface area contributed by atoms with Crippen molar-refractivity contribution in [2.45, 2.75) is 19.8 Å². The van der Waals surface area contributed by atoms with E-state index in [0.29, 0.717) is 12.8 Å². The van der Waals surface area contributed by atoms with Crippen molar-refractivity contribution in [3.63, 3.8) is 0 Å². The zero-order valence-corrected chi connectivity index (χ0v) is 23.1. The van der Waals surface area contributed by atoms with Gasteiger partial charge < -0.3 is 5.32 Å². The minimum absolute atomic E-state index is 0.00226. The van der Waals surface area contributed by atoms with Crippen molar-refractivity contribution >= 4 is 17.2 Å². The molecule has 0 saturated carbocycles. The number of aromatic nitrogens is 5. The van der Waals surface area contributed by atoms with E-state index in [9.17, 15) is 4.79 Å². The summed E-state index contributed by atoms with van der Waals surface area (Å²) in [5.41, 5.74) is 10.2. The van der Waals surface area contributed by atoms with Crippen LogP contribution in [0.15, 0.2) is 102 Å². The third-order valence-electron chi connectivity index (χ3n) is 6.88. The minimum atomic E-state index is -0.00226. The highest BCUT2D eigenvalue weighted by Crippen LogP contribution is 2.29. The van der Waals surface area contributed by atoms with Crippen molar-refractivity contribution in [2.75, 3.05) is 7.05 Å². The van der Waals surface area contributed by atoms with E-state index in [1.165, 1.54) is 11.1 Å². The van der Waals surface area contributed by atoms with Crippen LogP contribution < -0.4 is 5.32 Å². The van der Waals surface area contributed by atoms with Crippen molar-refractivity contribution in [1.82, 2.24) is 30.1 Å². The average molecular weight is 545 g/mol. The first kappa shape index (κ1) is 25.5. The molecule has 0 fully saturated rings. The van der Waals surface area contributed by atoms with Gasteiger partial charge in [-0.25, -0.2) is 9.36 Å². The van der Waals surface area contributed by atoms with Crippen LogP contribution in [0.1, 0.15) is 17.7 Å². The van der Waals surface area contributed by atoms with Gasteiger partial charge in [0.25, 0.3) is 0 Å². The van der Waals surface area contributed by atoms with E-state index >= 15 is 0 Å². The van der Waals surface area contributed by atoms with Crippen LogP contribution in [0.25, 0.3) is 45.0 Å². The Kier molecular flexibility index (Phi) is 7.08. The topological polar surface area (TPSA) is 77.6 Å². The fourth-order valence-corrected chi connectivity index (χ4v) is 5.23. The highest BCUT2D eigenvalue weighted by Gasteiger charge is 2.14. The van der Waals surface area contributed by atoms with Gasteiger partial charge in [-0.3, -0.25) is 4.79 Å². The molecule has 40 heavy (non-hydrogen) atoms. The van der Waals surface area contributed by atoms with Crippen LogP contribution in [0, 0.1) is 6.92 Å². The maximum absolute atomic E-state index is 11.9. The Bertz CT molecular complexity index is 1730. The molecule has 0 bridgehead atoms. The zero-order chi connectivity index (χ0) is 27.5. The molecule has 0 aliphatic carbocycles. The summed E-state index contributed by atoms with van der Waals surface area (Å²) >= 11 is 1.64. The van der Waals surface area contributed by atoms with E-state index in [1.54, 1.807) is 23.1 Å². The number of aryl methyl sites for hydroxylation is 2. The zero-order valence-electron chi connectivity index (χ0n) is 22.3. The second-order valence-electron chi connectivity index (χ2n) is 9.63. The molecular weight excluding hydrogens is 516 g/mol. The van der Waals surface area contributed by atoms with Gasteiger partial charge in [0.1, 0.15) is 5.69 Å². The maximum atomic E-state index is 11.9. The monoisotopic (exact) mass is 544 g/mol. The highest BCUT2D eigenvalue weighted by atomic mass is 32.1. The second kappa shape index (κ2) is 11.1. The molecule has 3 heterocycles. The fourth-order valence-electron chi connectivity index (χ4n) is 4.58. The molecule has 198 valence electrons. The fraction of sp³-hybridized carbons (Fsp3) is 0.125. The molecule has 0 aliphatic heterocycles. The van der Waals surface area contributed by atoms with E-state index in [-0.39, 0.29) is 5.91 Å². The highest BCUT2D eigenvalue weighted by molar-refractivity contribution is 7.08. The first-order valence-electron chi connectivity index (χ1n) is 13.1. The number of benzene rings is 3. The largest absolute Gasteiger partial charge is 0.359 e. The first-order chi connectivity index (χ1) is 19.6. The van der Waals surface area contributed by atoms with Crippen LogP contribution in [0.3, 0.4) is 0 Å². The normalized spacial score (nSPS) is 11.1. The van der Waals surface area contributed by atoms with Crippen molar-refractivity contribution in [2.24, 2.45) is 0 Å². The Hall–Kier alpha value is -4.82. The van der Waals surface area contributed by atoms with Gasteiger partial charge >= 0.3 is 0 Å². The van der Waals surface area contributed by atoms with Crippen LogP contribution in [0.4, 0.5) is 0 Å². The third kappa shape index (κ3) is 5.34. The lowest BCUT2D eigenvalue weighted by atomic mass is 10.0. The van der Waals surface area contributed by atoms with Crippen molar-refractivity contribution in [3.8, 4) is 45.0 Å². The van der Waals surface area contributed by atoms with Gasteiger partial charge in [-0.1, -0.05) is 59.3 Å². The van der Waals surface area contributed by atoms with Crippen LogP contribution in [-0.2, 0) is 11.2 Å². The van der Waals surface area contributed by atoms with E-state index in [2.05, 4.69) is 82.5 Å². The summed E-state index contributed by atoms with van der Waals surface area (Å²) in [6.07, 6.45) is 2.88. The first-order valence-corrected chi connectivity index (χ1v) is 14.0. The third-order valence-corrected chi connectivity index (χ3v) is 7.56. The Balaban J connectivity index is 1.31. The molecule has 0 aliphatic rings. The molecule has 0 atom stereocenters. The number of hydrogen-bond donors (Lipinski definition) is 1. The molecule has 3 aromatic heterocycles. The number of rotatable bonds is 8. The number of nitrogens with zero attached hydrogens (tertiary/aromatic N) is 5. The number of nitrogens with one attached hydrogen (secondary N) is 1. The van der Waals surface area contributed by atoms with Gasteiger partial charge in [0.15, 0.2) is 0 Å². The number of hydrogen-bond acceptors (Lipinski definition) is 5. The lowest BCUT2D eigenvalue weighted by Gasteiger charge is -2.10. The summed E-state index contributed by atoms with van der Waals surface area (Å²) in [6.45, 7) is 2.09. The number of carbonyl (C=O) groups excluding carboxylic acids is 1. The van der Waals surface area contributed by atoms with Crippen LogP contribution in [0.5, 0.6) is 0 Å². The molecule has 6 aromatic rings. The molecule has 6 rings (SSSR count). The summed E-state index contributed by atoms with van der Waals surface area (Å²) in [4.78, 5) is 11.9. The number of thiophene rings is 1. The lowest BCUT2D eigenvalue weighted by Crippen LogP contribution is -2.18. The van der Waals surface area contributed by atoms with Gasteiger partial charge in [0.2, 0.25) is 5.91 Å². The maximum Gasteiger partial charge on any atom is 0.220 e. The quantitative estimate of drug-likeness (QED) is 0.237. The molecule has 0 unspecified atom stereocenters. The van der Waals surface area contributed by atoms with Crippen LogP contribution in [0.2, 0.25) is 0 Å². The molecule has 3 aromatic carbocycles. The number of amides is 1. The van der Waals surface area contributed by atoms with Gasteiger partial charge in [-0.05, 0) is 59.8 Å². The number of carbonyl (C=O) groups is 1. The van der Waals surface area contributed by atoms with Crippen LogP contribution in [-0.4, -0.2) is 37.7 Å². The SMILES string of the molecule is CNC(=O)CCc1cc(-c2ccc(-c3ccc(C)cc3)cc2)n(-c2ccc(-n3cc(-c4ccsc4)nn3)cc2)n1. The predicted octanol–water partition coefficient (Wildman–Crippen LogP) is 6.50. The Morgan fingerprint density at radius 1 is 0.850 bits per heavy atom.